The Labute approximate surface area is 162 Å². The predicted octanol–water partition coefficient (Wildman–Crippen LogP) is 2.76. The summed E-state index contributed by atoms with van der Waals surface area (Å²) in [5, 5.41) is 10.1. The van der Waals surface area contributed by atoms with Crippen LogP contribution in [0.2, 0.25) is 0 Å². The molecular weight excluding hydrogens is 360 g/mol. The highest BCUT2D eigenvalue weighted by Crippen LogP contribution is 2.38. The Morgan fingerprint density at radius 2 is 2.07 bits per heavy atom. The van der Waals surface area contributed by atoms with Crippen molar-refractivity contribution in [2.24, 2.45) is 0 Å². The fourth-order valence-corrected chi connectivity index (χ4v) is 5.08. The molecule has 0 radical (unpaired) electrons. The number of carbonyl (C=O) groups is 2. The number of rotatable bonds is 4. The minimum atomic E-state index is -0.227. The molecule has 0 saturated carbocycles. The predicted molar refractivity (Wildman–Crippen MR) is 107 cm³/mol. The van der Waals surface area contributed by atoms with Crippen molar-refractivity contribution in [1.82, 2.24) is 15.6 Å². The number of carbonyl (C=O) groups excluding carboxylic acids is 2. The van der Waals surface area contributed by atoms with Crippen molar-refractivity contribution in [3.8, 4) is 0 Å². The zero-order valence-corrected chi connectivity index (χ0v) is 16.0. The molecule has 1 unspecified atom stereocenters. The van der Waals surface area contributed by atoms with Crippen molar-refractivity contribution in [1.29, 1.82) is 0 Å². The minimum absolute atomic E-state index is 0.0652. The highest BCUT2D eigenvalue weighted by Gasteiger charge is 2.28. The minimum Gasteiger partial charge on any atom is -0.348 e. The average Bonchev–Trinajstić information content (AvgIpc) is 3.07. The normalized spacial score (nSPS) is 19.2. The van der Waals surface area contributed by atoms with E-state index in [1.165, 1.54) is 11.1 Å². The number of anilines is 1. The lowest BCUT2D eigenvalue weighted by molar-refractivity contribution is 0.0931. The Morgan fingerprint density at radius 3 is 2.85 bits per heavy atom. The third-order valence-electron chi connectivity index (χ3n) is 5.18. The second kappa shape index (κ2) is 8.19. The van der Waals surface area contributed by atoms with Gasteiger partial charge in [0.1, 0.15) is 5.00 Å². The molecule has 3 heterocycles. The smallest absolute Gasteiger partial charge is 0.257 e. The van der Waals surface area contributed by atoms with Gasteiger partial charge in [-0.1, -0.05) is 0 Å². The number of nitrogens with one attached hydrogen (secondary N) is 3. The first kappa shape index (κ1) is 18.1. The third kappa shape index (κ3) is 4.04. The summed E-state index contributed by atoms with van der Waals surface area (Å²) >= 11 is 1.55. The summed E-state index contributed by atoms with van der Waals surface area (Å²) < 4.78 is 0. The number of amides is 2. The lowest BCUT2D eigenvalue weighted by Crippen LogP contribution is -2.45. The quantitative estimate of drug-likeness (QED) is 0.757. The SMILES string of the molecule is O=C(Nc1sc2c(c1C(=O)NC1CCCNC1)CCCC2)c1cccnc1. The molecule has 2 aliphatic rings. The van der Waals surface area contributed by atoms with E-state index >= 15 is 0 Å². The molecule has 2 amide bonds. The van der Waals surface area contributed by atoms with Gasteiger partial charge < -0.3 is 16.0 Å². The van der Waals surface area contributed by atoms with E-state index in [4.69, 9.17) is 0 Å². The van der Waals surface area contributed by atoms with Crippen molar-refractivity contribution < 1.29 is 9.59 Å². The van der Waals surface area contributed by atoms with Gasteiger partial charge in [-0.15, -0.1) is 11.3 Å². The maximum absolute atomic E-state index is 13.1. The van der Waals surface area contributed by atoms with Crippen LogP contribution >= 0.6 is 11.3 Å². The van der Waals surface area contributed by atoms with Crippen LogP contribution in [0.4, 0.5) is 5.00 Å². The summed E-state index contributed by atoms with van der Waals surface area (Å²) in [6, 6.07) is 3.61. The van der Waals surface area contributed by atoms with Crippen molar-refractivity contribution in [3.05, 3.63) is 46.1 Å². The summed E-state index contributed by atoms with van der Waals surface area (Å²) in [6.45, 7) is 1.81. The van der Waals surface area contributed by atoms with Gasteiger partial charge in [0.05, 0.1) is 11.1 Å². The highest BCUT2D eigenvalue weighted by atomic mass is 32.1. The number of hydrogen-bond donors (Lipinski definition) is 3. The first-order valence-corrected chi connectivity index (χ1v) is 10.4. The van der Waals surface area contributed by atoms with E-state index in [2.05, 4.69) is 20.9 Å². The number of aryl methyl sites for hydroxylation is 1. The molecular formula is C20H24N4O2S. The number of fused-ring (bicyclic) bond motifs is 1. The summed E-state index contributed by atoms with van der Waals surface area (Å²) in [7, 11) is 0. The molecule has 1 saturated heterocycles. The number of piperidine rings is 1. The Kier molecular flexibility index (Phi) is 5.50. The lowest BCUT2D eigenvalue weighted by atomic mass is 9.95. The average molecular weight is 385 g/mol. The van der Waals surface area contributed by atoms with E-state index in [9.17, 15) is 9.59 Å². The van der Waals surface area contributed by atoms with Crippen LogP contribution in [0.5, 0.6) is 0 Å². The van der Waals surface area contributed by atoms with Crippen LogP contribution < -0.4 is 16.0 Å². The fraction of sp³-hybridized carbons (Fsp3) is 0.450. The number of nitrogens with zero attached hydrogens (tertiary/aromatic N) is 1. The summed E-state index contributed by atoms with van der Waals surface area (Å²) in [4.78, 5) is 30.9. The number of hydrogen-bond acceptors (Lipinski definition) is 5. The molecule has 1 aliphatic carbocycles. The maximum Gasteiger partial charge on any atom is 0.257 e. The Bertz CT molecular complexity index is 828. The van der Waals surface area contributed by atoms with Gasteiger partial charge in [0.15, 0.2) is 0 Å². The molecule has 3 N–H and O–H groups in total. The topological polar surface area (TPSA) is 83.1 Å². The van der Waals surface area contributed by atoms with E-state index in [-0.39, 0.29) is 17.9 Å². The van der Waals surface area contributed by atoms with Crippen molar-refractivity contribution in [2.75, 3.05) is 18.4 Å². The molecule has 0 bridgehead atoms. The van der Waals surface area contributed by atoms with Gasteiger partial charge in [0.25, 0.3) is 11.8 Å². The first-order valence-electron chi connectivity index (χ1n) is 9.60. The standard InChI is InChI=1S/C20H24N4O2S/c25-18(13-5-3-9-21-11-13)24-20-17(15-7-1-2-8-16(15)27-20)19(26)23-14-6-4-10-22-12-14/h3,5,9,11,14,22H,1-2,4,6-8,10,12H2,(H,23,26)(H,24,25). The van der Waals surface area contributed by atoms with Gasteiger partial charge in [-0.05, 0) is 62.8 Å². The van der Waals surface area contributed by atoms with Crippen LogP contribution in [0.15, 0.2) is 24.5 Å². The fourth-order valence-electron chi connectivity index (χ4n) is 3.80. The van der Waals surface area contributed by atoms with Crippen LogP contribution in [0.25, 0.3) is 0 Å². The van der Waals surface area contributed by atoms with Crippen molar-refractivity contribution in [2.45, 2.75) is 44.6 Å². The lowest BCUT2D eigenvalue weighted by Gasteiger charge is -2.24. The third-order valence-corrected chi connectivity index (χ3v) is 6.39. The number of aromatic nitrogens is 1. The van der Waals surface area contributed by atoms with E-state index in [1.807, 2.05) is 0 Å². The summed E-state index contributed by atoms with van der Waals surface area (Å²) in [6.07, 6.45) is 9.34. The monoisotopic (exact) mass is 384 g/mol. The number of thiophene rings is 1. The first-order chi connectivity index (χ1) is 13.2. The Morgan fingerprint density at radius 1 is 1.19 bits per heavy atom. The second-order valence-electron chi connectivity index (χ2n) is 7.13. The molecule has 2 aromatic heterocycles. The van der Waals surface area contributed by atoms with Gasteiger partial charge >= 0.3 is 0 Å². The summed E-state index contributed by atoms with van der Waals surface area (Å²) in [5.41, 5.74) is 2.28. The molecule has 27 heavy (non-hydrogen) atoms. The van der Waals surface area contributed by atoms with Crippen molar-refractivity contribution in [3.63, 3.8) is 0 Å². The van der Waals surface area contributed by atoms with Crippen LogP contribution in [0.1, 0.15) is 56.8 Å². The van der Waals surface area contributed by atoms with Gasteiger partial charge in [-0.2, -0.15) is 0 Å². The van der Waals surface area contributed by atoms with Gasteiger partial charge in [-0.25, -0.2) is 0 Å². The summed E-state index contributed by atoms with van der Waals surface area (Å²) in [5.74, 6) is -0.292. The van der Waals surface area contributed by atoms with Crippen LogP contribution in [-0.2, 0) is 12.8 Å². The highest BCUT2D eigenvalue weighted by molar-refractivity contribution is 7.17. The van der Waals surface area contributed by atoms with Gasteiger partial charge in [0.2, 0.25) is 0 Å². The van der Waals surface area contributed by atoms with Crippen LogP contribution in [0, 0.1) is 0 Å². The molecule has 0 spiro atoms. The molecule has 2 aromatic rings. The number of pyridine rings is 1. The van der Waals surface area contributed by atoms with Gasteiger partial charge in [0, 0.05) is 29.9 Å². The van der Waals surface area contributed by atoms with E-state index in [1.54, 1.807) is 29.7 Å². The zero-order valence-electron chi connectivity index (χ0n) is 15.2. The molecule has 0 aromatic carbocycles. The van der Waals surface area contributed by atoms with Gasteiger partial charge in [-0.3, -0.25) is 14.6 Å². The molecule has 142 valence electrons. The van der Waals surface area contributed by atoms with Crippen LogP contribution in [0.3, 0.4) is 0 Å². The molecule has 7 heteroatoms. The maximum atomic E-state index is 13.1. The van der Waals surface area contributed by atoms with E-state index in [0.29, 0.717) is 16.1 Å². The van der Waals surface area contributed by atoms with Crippen molar-refractivity contribution >= 4 is 28.2 Å². The molecule has 4 rings (SSSR count). The van der Waals surface area contributed by atoms with E-state index in [0.717, 1.165) is 57.2 Å². The Hall–Kier alpha value is -2.25. The zero-order chi connectivity index (χ0) is 18.6. The molecule has 1 fully saturated rings. The molecule has 1 atom stereocenters. The largest absolute Gasteiger partial charge is 0.348 e. The van der Waals surface area contributed by atoms with Crippen LogP contribution in [-0.4, -0.2) is 35.9 Å². The Balaban J connectivity index is 1.59. The second-order valence-corrected chi connectivity index (χ2v) is 8.23. The van der Waals surface area contributed by atoms with E-state index < -0.39 is 0 Å². The molecule has 6 nitrogen and oxygen atoms in total. The molecule has 1 aliphatic heterocycles.